The average molecular weight is 298 g/mol. The highest BCUT2D eigenvalue weighted by Gasteiger charge is 2.24. The summed E-state index contributed by atoms with van der Waals surface area (Å²) in [5.74, 6) is 0.441. The molecule has 9 heteroatoms. The fraction of sp³-hybridized carbons (Fsp3) is 0.636. The van der Waals surface area contributed by atoms with Crippen LogP contribution in [0, 0.1) is 0 Å². The minimum atomic E-state index is -0.433. The second-order valence-electron chi connectivity index (χ2n) is 4.43. The molecule has 1 aromatic rings. The van der Waals surface area contributed by atoms with Gasteiger partial charge in [0, 0.05) is 12.6 Å². The Morgan fingerprint density at radius 1 is 1.45 bits per heavy atom. The predicted molar refractivity (Wildman–Crippen MR) is 74.0 cm³/mol. The van der Waals surface area contributed by atoms with Crippen molar-refractivity contribution in [2.45, 2.75) is 44.1 Å². The van der Waals surface area contributed by atoms with Crippen molar-refractivity contribution in [3.8, 4) is 0 Å². The lowest BCUT2D eigenvalue weighted by Gasteiger charge is -2.06. The highest BCUT2D eigenvalue weighted by molar-refractivity contribution is 7.99. The third kappa shape index (κ3) is 3.94. The summed E-state index contributed by atoms with van der Waals surface area (Å²) < 4.78 is 1.85. The molecule has 1 saturated carbocycles. The van der Waals surface area contributed by atoms with E-state index >= 15 is 0 Å². The van der Waals surface area contributed by atoms with Crippen LogP contribution in [0.15, 0.2) is 5.16 Å². The number of aromatic nitrogens is 3. The highest BCUT2D eigenvalue weighted by Crippen LogP contribution is 2.18. The number of hydrogen-bond donors (Lipinski definition) is 3. The smallest absolute Gasteiger partial charge is 0.321 e. The second-order valence-corrected chi connectivity index (χ2v) is 5.37. The summed E-state index contributed by atoms with van der Waals surface area (Å²) >= 11 is 1.23. The van der Waals surface area contributed by atoms with Crippen LogP contribution in [0.2, 0.25) is 0 Å². The Balaban J connectivity index is 1.80. The fourth-order valence-electron chi connectivity index (χ4n) is 1.64. The summed E-state index contributed by atoms with van der Waals surface area (Å²) in [6.07, 6.45) is 1.97. The zero-order valence-corrected chi connectivity index (χ0v) is 12.1. The molecule has 1 heterocycles. The van der Waals surface area contributed by atoms with E-state index in [9.17, 15) is 9.59 Å². The number of nitrogens with zero attached hydrogens (tertiary/aromatic N) is 3. The summed E-state index contributed by atoms with van der Waals surface area (Å²) in [5.41, 5.74) is 5.55. The molecule has 3 amide bonds. The van der Waals surface area contributed by atoms with Crippen molar-refractivity contribution in [3.63, 3.8) is 0 Å². The van der Waals surface area contributed by atoms with Gasteiger partial charge in [0.1, 0.15) is 5.82 Å². The SMILES string of the molecule is CCn1c(CN)nnc1SCC(=O)NC(=O)NC1CC1. The van der Waals surface area contributed by atoms with Gasteiger partial charge in [0.25, 0.3) is 0 Å². The highest BCUT2D eigenvalue weighted by atomic mass is 32.2. The molecule has 0 radical (unpaired) electrons. The van der Waals surface area contributed by atoms with Crippen LogP contribution in [0.3, 0.4) is 0 Å². The molecule has 0 unspecified atom stereocenters. The van der Waals surface area contributed by atoms with Gasteiger partial charge in [-0.15, -0.1) is 10.2 Å². The standard InChI is InChI=1S/C11H18N6O2S/c1-2-17-8(5-12)15-16-11(17)20-6-9(18)14-10(19)13-7-3-4-7/h7H,2-6,12H2,1H3,(H2,13,14,18,19). The Kier molecular flexibility index (Phi) is 4.96. The average Bonchev–Trinajstić information content (AvgIpc) is 3.13. The molecule has 0 aromatic carbocycles. The van der Waals surface area contributed by atoms with E-state index in [1.807, 2.05) is 11.5 Å². The molecule has 1 fully saturated rings. The molecule has 0 spiro atoms. The predicted octanol–water partition coefficient (Wildman–Crippen LogP) is -0.163. The second kappa shape index (κ2) is 6.71. The first kappa shape index (κ1) is 14.8. The van der Waals surface area contributed by atoms with Crippen molar-refractivity contribution in [2.24, 2.45) is 5.73 Å². The van der Waals surface area contributed by atoms with Gasteiger partial charge in [-0.2, -0.15) is 0 Å². The van der Waals surface area contributed by atoms with Gasteiger partial charge in [-0.25, -0.2) is 4.79 Å². The summed E-state index contributed by atoms with van der Waals surface area (Å²) in [6, 6.07) is -0.205. The molecule has 0 atom stereocenters. The normalized spacial score (nSPS) is 14.1. The number of nitrogens with one attached hydrogen (secondary N) is 2. The number of imide groups is 1. The van der Waals surface area contributed by atoms with Gasteiger partial charge in [-0.3, -0.25) is 10.1 Å². The van der Waals surface area contributed by atoms with Crippen LogP contribution in [-0.4, -0.2) is 38.5 Å². The number of thioether (sulfide) groups is 1. The Hall–Kier alpha value is -1.61. The first-order valence-corrected chi connectivity index (χ1v) is 7.47. The van der Waals surface area contributed by atoms with E-state index in [1.54, 1.807) is 0 Å². The van der Waals surface area contributed by atoms with Crippen molar-refractivity contribution >= 4 is 23.7 Å². The number of carbonyl (C=O) groups excluding carboxylic acids is 2. The number of urea groups is 1. The van der Waals surface area contributed by atoms with E-state index in [4.69, 9.17) is 5.73 Å². The van der Waals surface area contributed by atoms with Crippen molar-refractivity contribution in [2.75, 3.05) is 5.75 Å². The van der Waals surface area contributed by atoms with E-state index in [1.165, 1.54) is 11.8 Å². The number of carbonyl (C=O) groups is 2. The van der Waals surface area contributed by atoms with Gasteiger partial charge >= 0.3 is 6.03 Å². The zero-order valence-electron chi connectivity index (χ0n) is 11.3. The van der Waals surface area contributed by atoms with Crippen LogP contribution < -0.4 is 16.4 Å². The van der Waals surface area contributed by atoms with Gasteiger partial charge in [0.15, 0.2) is 5.16 Å². The number of nitrogens with two attached hydrogens (primary N) is 1. The largest absolute Gasteiger partial charge is 0.335 e. The van der Waals surface area contributed by atoms with Crippen LogP contribution in [0.4, 0.5) is 4.79 Å². The molecule has 8 nitrogen and oxygen atoms in total. The molecule has 1 aromatic heterocycles. The lowest BCUT2D eigenvalue weighted by Crippen LogP contribution is -2.41. The molecule has 110 valence electrons. The molecule has 0 bridgehead atoms. The van der Waals surface area contributed by atoms with Crippen LogP contribution in [0.5, 0.6) is 0 Å². The first-order chi connectivity index (χ1) is 9.63. The van der Waals surface area contributed by atoms with Crippen LogP contribution in [0.1, 0.15) is 25.6 Å². The molecule has 0 aliphatic heterocycles. The third-order valence-electron chi connectivity index (χ3n) is 2.79. The lowest BCUT2D eigenvalue weighted by atomic mass is 10.6. The van der Waals surface area contributed by atoms with Gasteiger partial charge in [0.2, 0.25) is 5.91 Å². The molecule has 4 N–H and O–H groups in total. The van der Waals surface area contributed by atoms with E-state index < -0.39 is 6.03 Å². The van der Waals surface area contributed by atoms with Crippen LogP contribution in [0.25, 0.3) is 0 Å². The molecule has 20 heavy (non-hydrogen) atoms. The third-order valence-corrected chi connectivity index (χ3v) is 3.76. The first-order valence-electron chi connectivity index (χ1n) is 6.49. The molecular weight excluding hydrogens is 280 g/mol. The topological polar surface area (TPSA) is 115 Å². The molecular formula is C11H18N6O2S. The maximum absolute atomic E-state index is 11.6. The van der Waals surface area contributed by atoms with Crippen molar-refractivity contribution in [3.05, 3.63) is 5.82 Å². The minimum Gasteiger partial charge on any atom is -0.335 e. The van der Waals surface area contributed by atoms with E-state index in [0.717, 1.165) is 12.8 Å². The van der Waals surface area contributed by atoms with Gasteiger partial charge in [-0.1, -0.05) is 11.8 Å². The quantitative estimate of drug-likeness (QED) is 0.628. The number of amides is 3. The van der Waals surface area contributed by atoms with Gasteiger partial charge in [0.05, 0.1) is 12.3 Å². The Labute approximate surface area is 120 Å². The fourth-order valence-corrected chi connectivity index (χ4v) is 2.46. The van der Waals surface area contributed by atoms with Gasteiger partial charge in [-0.05, 0) is 19.8 Å². The molecule has 1 aliphatic rings. The van der Waals surface area contributed by atoms with Gasteiger partial charge < -0.3 is 15.6 Å². The number of rotatable bonds is 6. The maximum Gasteiger partial charge on any atom is 0.321 e. The monoisotopic (exact) mass is 298 g/mol. The summed E-state index contributed by atoms with van der Waals surface area (Å²) in [4.78, 5) is 23.0. The molecule has 1 aliphatic carbocycles. The summed E-state index contributed by atoms with van der Waals surface area (Å²) in [5, 5.41) is 13.5. The summed E-state index contributed by atoms with van der Waals surface area (Å²) in [6.45, 7) is 2.94. The van der Waals surface area contributed by atoms with Crippen LogP contribution >= 0.6 is 11.8 Å². The molecule has 0 saturated heterocycles. The van der Waals surface area contributed by atoms with Crippen molar-refractivity contribution < 1.29 is 9.59 Å². The Morgan fingerprint density at radius 2 is 2.20 bits per heavy atom. The Morgan fingerprint density at radius 3 is 2.80 bits per heavy atom. The summed E-state index contributed by atoms with van der Waals surface area (Å²) in [7, 11) is 0. The van der Waals surface area contributed by atoms with Crippen molar-refractivity contribution in [1.29, 1.82) is 0 Å². The molecule has 2 rings (SSSR count). The van der Waals surface area contributed by atoms with E-state index in [-0.39, 0.29) is 17.7 Å². The Bertz CT molecular complexity index is 499. The maximum atomic E-state index is 11.6. The minimum absolute atomic E-state index is 0.112. The van der Waals surface area contributed by atoms with Crippen LogP contribution in [-0.2, 0) is 17.9 Å². The zero-order chi connectivity index (χ0) is 14.5. The van der Waals surface area contributed by atoms with E-state index in [0.29, 0.717) is 24.1 Å². The van der Waals surface area contributed by atoms with Crippen molar-refractivity contribution in [1.82, 2.24) is 25.4 Å². The van der Waals surface area contributed by atoms with E-state index in [2.05, 4.69) is 20.8 Å². The lowest BCUT2D eigenvalue weighted by molar-refractivity contribution is -0.117. The number of hydrogen-bond acceptors (Lipinski definition) is 6.